The molecule has 0 bridgehead atoms. The summed E-state index contributed by atoms with van der Waals surface area (Å²) < 4.78 is 5.38. The molecule has 25 heavy (non-hydrogen) atoms. The topological polar surface area (TPSA) is 77.8 Å². The predicted octanol–water partition coefficient (Wildman–Crippen LogP) is 4.59. The summed E-state index contributed by atoms with van der Waals surface area (Å²) in [6.07, 6.45) is 4.57. The summed E-state index contributed by atoms with van der Waals surface area (Å²) in [6, 6.07) is 7.69. The number of benzene rings is 1. The molecule has 8 heteroatoms. The second-order valence-electron chi connectivity index (χ2n) is 6.18. The Labute approximate surface area is 161 Å². The van der Waals surface area contributed by atoms with Crippen LogP contribution in [0.4, 0.5) is 0 Å². The summed E-state index contributed by atoms with van der Waals surface area (Å²) in [7, 11) is 0. The van der Waals surface area contributed by atoms with Gasteiger partial charge in [-0.05, 0) is 18.9 Å². The van der Waals surface area contributed by atoms with Crippen molar-refractivity contribution in [2.45, 2.75) is 37.6 Å². The van der Waals surface area contributed by atoms with Gasteiger partial charge < -0.3 is 10.3 Å². The highest BCUT2D eigenvalue weighted by Crippen LogP contribution is 2.35. The lowest BCUT2D eigenvalue weighted by atomic mass is 9.99. The third kappa shape index (κ3) is 3.72. The van der Waals surface area contributed by atoms with Crippen molar-refractivity contribution < 1.29 is 4.52 Å². The fourth-order valence-corrected chi connectivity index (χ4v) is 4.20. The summed E-state index contributed by atoms with van der Waals surface area (Å²) in [5, 5.41) is 7.67. The van der Waals surface area contributed by atoms with Gasteiger partial charge in [-0.1, -0.05) is 47.8 Å². The summed E-state index contributed by atoms with van der Waals surface area (Å²) in [5.41, 5.74) is 7.78. The lowest BCUT2D eigenvalue weighted by molar-refractivity contribution is 0.352. The molecule has 1 saturated carbocycles. The van der Waals surface area contributed by atoms with Crippen LogP contribution in [-0.4, -0.2) is 15.1 Å². The molecule has 3 aromatic rings. The summed E-state index contributed by atoms with van der Waals surface area (Å²) in [6.45, 7) is 0. The van der Waals surface area contributed by atoms with Gasteiger partial charge in [-0.25, -0.2) is 4.98 Å². The van der Waals surface area contributed by atoms with E-state index in [1.54, 1.807) is 11.3 Å². The highest BCUT2D eigenvalue weighted by molar-refractivity contribution is 7.13. The Kier molecular flexibility index (Phi) is 5.43. The summed E-state index contributed by atoms with van der Waals surface area (Å²) >= 11 is 7.79. The van der Waals surface area contributed by atoms with Gasteiger partial charge in [0.05, 0.1) is 22.7 Å². The molecule has 1 aliphatic carbocycles. The van der Waals surface area contributed by atoms with Crippen molar-refractivity contribution in [2.75, 3.05) is 0 Å². The molecule has 1 fully saturated rings. The minimum atomic E-state index is -0.424. The van der Waals surface area contributed by atoms with Crippen LogP contribution >= 0.6 is 35.3 Å². The van der Waals surface area contributed by atoms with Crippen molar-refractivity contribution in [2.24, 2.45) is 5.73 Å². The minimum Gasteiger partial charge on any atom is -0.339 e. The maximum atomic E-state index is 6.37. The van der Waals surface area contributed by atoms with Crippen LogP contribution in [-0.2, 0) is 12.0 Å². The van der Waals surface area contributed by atoms with E-state index in [1.165, 1.54) is 0 Å². The number of nitrogens with zero attached hydrogens (tertiary/aromatic N) is 3. The monoisotopic (exact) mass is 396 g/mol. The summed E-state index contributed by atoms with van der Waals surface area (Å²) in [5.74, 6) is 1.18. The van der Waals surface area contributed by atoms with E-state index in [4.69, 9.17) is 21.9 Å². The first-order valence-corrected chi connectivity index (χ1v) is 9.21. The van der Waals surface area contributed by atoms with E-state index < -0.39 is 5.54 Å². The average Bonchev–Trinajstić information content (AvgIpc) is 3.30. The molecule has 0 aliphatic heterocycles. The van der Waals surface area contributed by atoms with Crippen LogP contribution in [0, 0.1) is 0 Å². The third-order valence-corrected chi connectivity index (χ3v) is 5.65. The fourth-order valence-electron chi connectivity index (χ4n) is 3.06. The van der Waals surface area contributed by atoms with E-state index in [9.17, 15) is 0 Å². The lowest BCUT2D eigenvalue weighted by Gasteiger charge is -2.17. The smallest absolute Gasteiger partial charge is 0.232 e. The normalized spacial score (nSPS) is 15.9. The maximum Gasteiger partial charge on any atom is 0.232 e. The maximum absolute atomic E-state index is 6.37. The lowest BCUT2D eigenvalue weighted by Crippen LogP contribution is -2.34. The van der Waals surface area contributed by atoms with E-state index in [0.717, 1.165) is 41.9 Å². The van der Waals surface area contributed by atoms with Crippen molar-refractivity contribution in [3.05, 3.63) is 52.1 Å². The predicted molar refractivity (Wildman–Crippen MR) is 101 cm³/mol. The number of nitrogens with two attached hydrogens (primary N) is 1. The van der Waals surface area contributed by atoms with Gasteiger partial charge in [0.1, 0.15) is 5.01 Å². The highest BCUT2D eigenvalue weighted by atomic mass is 35.5. The van der Waals surface area contributed by atoms with Crippen LogP contribution in [0.2, 0.25) is 5.02 Å². The Bertz CT molecular complexity index is 858. The highest BCUT2D eigenvalue weighted by Gasteiger charge is 2.35. The van der Waals surface area contributed by atoms with Gasteiger partial charge in [0.2, 0.25) is 5.89 Å². The molecule has 0 saturated heterocycles. The Balaban J connectivity index is 0.00000182. The number of hydrogen-bond donors (Lipinski definition) is 1. The van der Waals surface area contributed by atoms with Gasteiger partial charge in [-0.3, -0.25) is 0 Å². The quantitative estimate of drug-likeness (QED) is 0.697. The first-order chi connectivity index (χ1) is 11.6. The second kappa shape index (κ2) is 7.41. The Morgan fingerprint density at radius 3 is 2.72 bits per heavy atom. The second-order valence-corrected chi connectivity index (χ2v) is 7.44. The zero-order valence-corrected chi connectivity index (χ0v) is 15.8. The molecule has 0 atom stereocenters. The number of halogens is 2. The number of aromatic nitrogens is 3. The molecule has 0 spiro atoms. The van der Waals surface area contributed by atoms with Crippen LogP contribution in [0.3, 0.4) is 0 Å². The van der Waals surface area contributed by atoms with Crippen molar-refractivity contribution in [3.8, 4) is 10.6 Å². The van der Waals surface area contributed by atoms with E-state index in [0.29, 0.717) is 23.2 Å². The van der Waals surface area contributed by atoms with E-state index in [-0.39, 0.29) is 12.4 Å². The average molecular weight is 397 g/mol. The van der Waals surface area contributed by atoms with Crippen molar-refractivity contribution in [1.29, 1.82) is 0 Å². The van der Waals surface area contributed by atoms with Gasteiger partial charge in [-0.2, -0.15) is 4.98 Å². The molecular weight excluding hydrogens is 379 g/mol. The van der Waals surface area contributed by atoms with Crippen molar-refractivity contribution in [1.82, 2.24) is 15.1 Å². The van der Waals surface area contributed by atoms with Crippen molar-refractivity contribution in [3.63, 3.8) is 0 Å². The third-order valence-electron chi connectivity index (χ3n) is 4.40. The van der Waals surface area contributed by atoms with Crippen LogP contribution < -0.4 is 5.73 Å². The van der Waals surface area contributed by atoms with Crippen molar-refractivity contribution >= 4 is 35.3 Å². The van der Waals surface area contributed by atoms with Gasteiger partial charge in [0.25, 0.3) is 0 Å². The van der Waals surface area contributed by atoms with Gasteiger partial charge in [0.15, 0.2) is 5.82 Å². The summed E-state index contributed by atoms with van der Waals surface area (Å²) in [4.78, 5) is 9.13. The number of thiazole rings is 1. The molecule has 2 aromatic heterocycles. The molecule has 4 rings (SSSR count). The zero-order chi connectivity index (χ0) is 16.6. The Morgan fingerprint density at radius 1 is 1.20 bits per heavy atom. The largest absolute Gasteiger partial charge is 0.339 e. The van der Waals surface area contributed by atoms with Gasteiger partial charge >= 0.3 is 0 Å². The first-order valence-electron chi connectivity index (χ1n) is 7.95. The molecule has 0 radical (unpaired) electrons. The first kappa shape index (κ1) is 18.3. The van der Waals surface area contributed by atoms with Crippen LogP contribution in [0.5, 0.6) is 0 Å². The van der Waals surface area contributed by atoms with E-state index >= 15 is 0 Å². The number of rotatable bonds is 4. The standard InChI is InChI=1S/C17H17ClN4OS.ClH/c18-13-6-2-1-5-12(13)15-20-11(10-24-15)9-14-21-16(22-23-14)17(19)7-3-4-8-17;/h1-2,5-6,10H,3-4,7-9,19H2;1H. The fraction of sp³-hybridized carbons (Fsp3) is 0.353. The van der Waals surface area contributed by atoms with E-state index in [2.05, 4.69) is 15.1 Å². The Hall–Kier alpha value is -1.47. The van der Waals surface area contributed by atoms with Crippen LogP contribution in [0.25, 0.3) is 10.6 Å². The van der Waals surface area contributed by atoms with Crippen LogP contribution in [0.15, 0.2) is 34.2 Å². The molecule has 5 nitrogen and oxygen atoms in total. The molecule has 1 aliphatic rings. The van der Waals surface area contributed by atoms with Crippen LogP contribution in [0.1, 0.15) is 43.1 Å². The molecule has 132 valence electrons. The van der Waals surface area contributed by atoms with Gasteiger partial charge in [0, 0.05) is 10.9 Å². The Morgan fingerprint density at radius 2 is 1.96 bits per heavy atom. The zero-order valence-electron chi connectivity index (χ0n) is 13.4. The minimum absolute atomic E-state index is 0. The molecule has 2 heterocycles. The number of hydrogen-bond acceptors (Lipinski definition) is 6. The molecule has 2 N–H and O–H groups in total. The van der Waals surface area contributed by atoms with E-state index in [1.807, 2.05) is 29.6 Å². The molecular formula is C17H18Cl2N4OS. The SMILES string of the molecule is Cl.NC1(c2noc(Cc3csc(-c4ccccc4Cl)n3)n2)CCCC1. The molecule has 0 amide bonds. The molecule has 0 unspecified atom stereocenters. The van der Waals surface area contributed by atoms with Gasteiger partial charge in [-0.15, -0.1) is 23.7 Å². The molecule has 1 aromatic carbocycles.